The molecule has 4 rings (SSSR count). The summed E-state index contributed by atoms with van der Waals surface area (Å²) in [7, 11) is 0. The lowest BCUT2D eigenvalue weighted by Crippen LogP contribution is -2.44. The number of hydrogen-bond donors (Lipinski definition) is 3. The number of carbonyl (C=O) groups is 2. The molecule has 1 heterocycles. The maximum Gasteiger partial charge on any atom is 0.404 e. The molecule has 3 aliphatic rings. The Morgan fingerprint density at radius 2 is 1.75 bits per heavy atom. The summed E-state index contributed by atoms with van der Waals surface area (Å²) in [5, 5.41) is 14.4. The molecule has 0 atom stereocenters. The van der Waals surface area contributed by atoms with E-state index in [-0.39, 0.29) is 23.8 Å². The summed E-state index contributed by atoms with van der Waals surface area (Å²) in [4.78, 5) is 28.0. The van der Waals surface area contributed by atoms with E-state index in [2.05, 4.69) is 15.6 Å². The summed E-state index contributed by atoms with van der Waals surface area (Å²) < 4.78 is 20.3. The fourth-order valence-electron chi connectivity index (χ4n) is 4.38. The number of nitrogens with one attached hydrogen (secondary N) is 2. The molecule has 7 nitrogen and oxygen atoms in total. The molecule has 2 aliphatic carbocycles. The number of carboxylic acid groups (broad SMARTS) is 1. The van der Waals surface area contributed by atoms with Crippen molar-refractivity contribution < 1.29 is 23.8 Å². The van der Waals surface area contributed by atoms with Crippen molar-refractivity contribution in [2.75, 3.05) is 13.2 Å². The summed E-state index contributed by atoms with van der Waals surface area (Å²) >= 11 is 0. The van der Waals surface area contributed by atoms with Crippen LogP contribution < -0.4 is 15.4 Å². The number of rotatable bonds is 7. The lowest BCUT2D eigenvalue weighted by molar-refractivity contribution is -0.115. The molecule has 1 aliphatic heterocycles. The van der Waals surface area contributed by atoms with Crippen LogP contribution in [0.2, 0.25) is 0 Å². The van der Waals surface area contributed by atoms with E-state index >= 15 is 0 Å². The third-order valence-corrected chi connectivity index (χ3v) is 6.65. The lowest BCUT2D eigenvalue weighted by atomic mass is 9.91. The Balaban J connectivity index is 1.43. The predicted molar refractivity (Wildman–Crippen MR) is 120 cm³/mol. The van der Waals surface area contributed by atoms with Crippen molar-refractivity contribution in [1.82, 2.24) is 10.6 Å². The first-order chi connectivity index (χ1) is 15.3. The number of hydrogen-bond acceptors (Lipinski definition) is 4. The van der Waals surface area contributed by atoms with Gasteiger partial charge in [0.1, 0.15) is 17.3 Å². The molecule has 1 aromatic rings. The summed E-state index contributed by atoms with van der Waals surface area (Å²) in [5.74, 6) is 0.544. The van der Waals surface area contributed by atoms with Crippen LogP contribution in [0, 0.1) is 25.6 Å². The minimum Gasteiger partial charge on any atom is -0.493 e. The van der Waals surface area contributed by atoms with Gasteiger partial charge in [-0.1, -0.05) is 0 Å². The van der Waals surface area contributed by atoms with Gasteiger partial charge in [0, 0.05) is 23.7 Å². The van der Waals surface area contributed by atoms with Crippen LogP contribution in [0.5, 0.6) is 5.75 Å². The molecule has 32 heavy (non-hydrogen) atoms. The van der Waals surface area contributed by atoms with Gasteiger partial charge in [-0.2, -0.15) is 0 Å². The molecule has 0 saturated heterocycles. The van der Waals surface area contributed by atoms with Crippen molar-refractivity contribution in [1.29, 1.82) is 0 Å². The van der Waals surface area contributed by atoms with E-state index in [4.69, 9.17) is 9.84 Å². The van der Waals surface area contributed by atoms with Crippen molar-refractivity contribution >= 4 is 23.3 Å². The number of nitrogens with zero attached hydrogens (tertiary/aromatic N) is 1. The quantitative estimate of drug-likeness (QED) is 0.597. The monoisotopic (exact) mass is 443 g/mol. The average Bonchev–Trinajstić information content (AvgIpc) is 3.46. The second kappa shape index (κ2) is 9.30. The molecule has 3 N–H and O–H groups in total. The topological polar surface area (TPSA) is 100 Å². The Morgan fingerprint density at radius 1 is 1.09 bits per heavy atom. The predicted octanol–water partition coefficient (Wildman–Crippen LogP) is 3.76. The molecular weight excluding hydrogens is 413 g/mol. The number of amides is 2. The van der Waals surface area contributed by atoms with E-state index in [1.165, 1.54) is 6.07 Å². The van der Waals surface area contributed by atoms with Crippen molar-refractivity contribution in [2.45, 2.75) is 64.5 Å². The minimum absolute atomic E-state index is 0.00160. The van der Waals surface area contributed by atoms with Crippen LogP contribution in [0.1, 0.15) is 55.2 Å². The van der Waals surface area contributed by atoms with Gasteiger partial charge in [-0.05, 0) is 81.1 Å². The second-order valence-electron chi connectivity index (χ2n) is 9.08. The van der Waals surface area contributed by atoms with E-state index < -0.39 is 6.09 Å². The largest absolute Gasteiger partial charge is 0.493 e. The Bertz CT molecular complexity index is 976. The molecule has 2 saturated carbocycles. The number of ether oxygens (including phenoxy) is 1. The SMILES string of the molecule is Cc1c(F)cc(OCC2CC2)c(C2=CC(C(=O)NC3CCC(NC(=O)O)CC3)=NC2)c1C. The number of benzene rings is 1. The zero-order chi connectivity index (χ0) is 22.8. The van der Waals surface area contributed by atoms with Crippen molar-refractivity contribution in [3.05, 3.63) is 34.6 Å². The maximum absolute atomic E-state index is 14.4. The van der Waals surface area contributed by atoms with Gasteiger partial charge in [0.2, 0.25) is 0 Å². The van der Waals surface area contributed by atoms with Gasteiger partial charge in [-0.3, -0.25) is 9.79 Å². The van der Waals surface area contributed by atoms with E-state index in [9.17, 15) is 14.0 Å². The first-order valence-electron chi connectivity index (χ1n) is 11.3. The van der Waals surface area contributed by atoms with Gasteiger partial charge in [0.25, 0.3) is 5.91 Å². The van der Waals surface area contributed by atoms with Crippen LogP contribution >= 0.6 is 0 Å². The highest BCUT2D eigenvalue weighted by atomic mass is 19.1. The normalized spacial score (nSPS) is 22.7. The molecule has 0 unspecified atom stereocenters. The zero-order valence-corrected chi connectivity index (χ0v) is 18.5. The molecule has 1 aromatic carbocycles. The molecule has 2 amide bonds. The lowest BCUT2D eigenvalue weighted by Gasteiger charge is -2.28. The van der Waals surface area contributed by atoms with E-state index in [1.54, 1.807) is 13.0 Å². The molecule has 8 heteroatoms. The van der Waals surface area contributed by atoms with E-state index in [0.717, 1.165) is 42.4 Å². The second-order valence-corrected chi connectivity index (χ2v) is 9.08. The Hall–Kier alpha value is -2.90. The maximum atomic E-state index is 14.4. The minimum atomic E-state index is -1.01. The molecule has 0 spiro atoms. The summed E-state index contributed by atoms with van der Waals surface area (Å²) in [5.41, 5.74) is 3.43. The molecule has 0 aromatic heterocycles. The van der Waals surface area contributed by atoms with Crippen molar-refractivity contribution in [3.63, 3.8) is 0 Å². The van der Waals surface area contributed by atoms with Crippen molar-refractivity contribution in [2.24, 2.45) is 10.9 Å². The molecular formula is C24H30FN3O4. The Kier molecular flexibility index (Phi) is 6.48. The fourth-order valence-corrected chi connectivity index (χ4v) is 4.38. The smallest absolute Gasteiger partial charge is 0.404 e. The standard InChI is InChI=1S/C24H30FN3O4/c1-13-14(2)22(21(10-19(13)25)32-12-15-3-4-15)16-9-20(26-11-16)23(29)27-17-5-7-18(8-6-17)28-24(30)31/h9-10,15,17-18,28H,3-8,11-12H2,1-2H3,(H,27,29)(H,30,31). The highest BCUT2D eigenvalue weighted by Crippen LogP contribution is 2.37. The van der Waals surface area contributed by atoms with Crippen LogP contribution in [-0.4, -0.2) is 48.1 Å². The van der Waals surface area contributed by atoms with Crippen LogP contribution in [0.3, 0.4) is 0 Å². The first kappa shape index (κ1) is 22.3. The van der Waals surface area contributed by atoms with Crippen LogP contribution in [-0.2, 0) is 4.79 Å². The number of carbonyl (C=O) groups excluding carboxylic acids is 1. The summed E-state index contributed by atoms with van der Waals surface area (Å²) in [6.45, 7) is 4.55. The van der Waals surface area contributed by atoms with E-state index in [1.807, 2.05) is 6.92 Å². The molecule has 2 fully saturated rings. The first-order valence-corrected chi connectivity index (χ1v) is 11.3. The Morgan fingerprint density at radius 3 is 2.38 bits per heavy atom. The van der Waals surface area contributed by atoms with Gasteiger partial charge in [0.05, 0.1) is 13.2 Å². The molecule has 0 bridgehead atoms. The highest BCUT2D eigenvalue weighted by molar-refractivity contribution is 6.45. The van der Waals surface area contributed by atoms with Crippen molar-refractivity contribution in [3.8, 4) is 5.75 Å². The zero-order valence-electron chi connectivity index (χ0n) is 18.5. The van der Waals surface area contributed by atoms with E-state index in [0.29, 0.717) is 48.9 Å². The van der Waals surface area contributed by atoms with Crippen LogP contribution in [0.4, 0.5) is 9.18 Å². The van der Waals surface area contributed by atoms with Gasteiger partial charge < -0.3 is 20.5 Å². The van der Waals surface area contributed by atoms with Gasteiger partial charge >= 0.3 is 6.09 Å². The number of halogens is 1. The molecule has 0 radical (unpaired) electrons. The number of aliphatic imine (C=N–C) groups is 1. The highest BCUT2D eigenvalue weighted by Gasteiger charge is 2.28. The third kappa shape index (κ3) is 5.11. The third-order valence-electron chi connectivity index (χ3n) is 6.65. The van der Waals surface area contributed by atoms with Crippen LogP contribution in [0.15, 0.2) is 17.1 Å². The van der Waals surface area contributed by atoms with Gasteiger partial charge in [-0.15, -0.1) is 0 Å². The fraction of sp³-hybridized carbons (Fsp3) is 0.542. The Labute approximate surface area is 187 Å². The van der Waals surface area contributed by atoms with Crippen LogP contribution in [0.25, 0.3) is 5.57 Å². The van der Waals surface area contributed by atoms with Gasteiger partial charge in [-0.25, -0.2) is 9.18 Å². The van der Waals surface area contributed by atoms with Gasteiger partial charge in [0.15, 0.2) is 0 Å². The summed E-state index contributed by atoms with van der Waals surface area (Å²) in [6.07, 6.45) is 5.88. The average molecular weight is 444 g/mol. The molecule has 172 valence electrons. The summed E-state index contributed by atoms with van der Waals surface area (Å²) in [6, 6.07) is 1.39.